The van der Waals surface area contributed by atoms with Crippen molar-refractivity contribution in [3.63, 3.8) is 0 Å². The van der Waals surface area contributed by atoms with Crippen LogP contribution < -0.4 is 21.1 Å². The average molecular weight is 444 g/mol. The Kier molecular flexibility index (Phi) is 6.02. The molecule has 10 heteroatoms. The molecule has 0 aliphatic carbocycles. The van der Waals surface area contributed by atoms with Gasteiger partial charge in [-0.05, 0) is 37.1 Å². The van der Waals surface area contributed by atoms with Crippen LogP contribution >= 0.6 is 0 Å². The van der Waals surface area contributed by atoms with Gasteiger partial charge in [-0.15, -0.1) is 0 Å². The highest BCUT2D eigenvalue weighted by atomic mass is 19.2. The van der Waals surface area contributed by atoms with Crippen LogP contribution in [-0.4, -0.2) is 13.8 Å². The minimum atomic E-state index is -2.39. The predicted octanol–water partition coefficient (Wildman–Crippen LogP) is 3.94. The molecule has 3 aromatic carbocycles. The van der Waals surface area contributed by atoms with Crippen LogP contribution in [-0.2, 0) is 0 Å². The molecule has 0 atom stereocenters. The Balaban J connectivity index is 2.54. The van der Waals surface area contributed by atoms with E-state index < -0.39 is 86.5 Å². The van der Waals surface area contributed by atoms with Gasteiger partial charge in [-0.1, -0.05) is 0 Å². The van der Waals surface area contributed by atoms with Crippen LogP contribution in [0.3, 0.4) is 0 Å². The number of benzene rings is 3. The van der Waals surface area contributed by atoms with Crippen molar-refractivity contribution < 1.29 is 39.9 Å². The summed E-state index contributed by atoms with van der Waals surface area (Å²) in [6.45, 7) is -0.321. The molecular weight excluding hydrogens is 431 g/mol. The normalized spacial score (nSPS) is 11.1. The van der Waals surface area contributed by atoms with Gasteiger partial charge in [-0.25, -0.2) is 35.1 Å². The molecule has 0 fully saturated rings. The molecule has 0 saturated heterocycles. The van der Waals surface area contributed by atoms with E-state index in [0.717, 1.165) is 21.0 Å². The summed E-state index contributed by atoms with van der Waals surface area (Å²) < 4.78 is 121. The van der Waals surface area contributed by atoms with Crippen molar-refractivity contribution in [2.75, 3.05) is 7.11 Å². The maximum atomic E-state index is 14.8. The summed E-state index contributed by atoms with van der Waals surface area (Å²) >= 11 is 0. The molecule has 0 saturated carbocycles. The van der Waals surface area contributed by atoms with Crippen LogP contribution in [0.4, 0.5) is 35.1 Å². The average Bonchev–Trinajstić information content (AvgIpc) is 2.69. The maximum Gasteiger partial charge on any atom is 0.265 e. The summed E-state index contributed by atoms with van der Waals surface area (Å²) in [4.78, 5) is 0. The summed E-state index contributed by atoms with van der Waals surface area (Å²) in [5.74, 6) is -13.2. The molecule has 3 rings (SSSR count). The summed E-state index contributed by atoms with van der Waals surface area (Å²) in [5, 5.41) is 0. The SMILES string of the molecule is COc1cc(F)cc(F)c1B(c1c(F)cc(C)c(F)c1F)c1c(F)cc(C)c(F)c1F. The highest BCUT2D eigenvalue weighted by Crippen LogP contribution is 2.20. The van der Waals surface area contributed by atoms with E-state index in [4.69, 9.17) is 4.74 Å². The van der Waals surface area contributed by atoms with Crippen LogP contribution in [0.1, 0.15) is 11.1 Å². The Morgan fingerprint density at radius 3 is 1.42 bits per heavy atom. The van der Waals surface area contributed by atoms with Crippen LogP contribution in [0, 0.1) is 60.4 Å². The van der Waals surface area contributed by atoms with Crippen molar-refractivity contribution in [3.05, 3.63) is 81.9 Å². The highest BCUT2D eigenvalue weighted by molar-refractivity contribution is 6.96. The second kappa shape index (κ2) is 8.24. The van der Waals surface area contributed by atoms with Crippen molar-refractivity contribution in [2.24, 2.45) is 0 Å². The molecule has 0 spiro atoms. The van der Waals surface area contributed by atoms with Crippen LogP contribution in [0.25, 0.3) is 0 Å². The number of ether oxygens (including phenoxy) is 1. The van der Waals surface area contributed by atoms with Gasteiger partial charge in [0.1, 0.15) is 29.0 Å². The lowest BCUT2D eigenvalue weighted by Crippen LogP contribution is -2.58. The third-order valence-corrected chi connectivity index (χ3v) is 4.89. The maximum absolute atomic E-state index is 14.8. The molecule has 0 aromatic heterocycles. The quantitative estimate of drug-likeness (QED) is 0.337. The van der Waals surface area contributed by atoms with E-state index in [-0.39, 0.29) is 6.07 Å². The van der Waals surface area contributed by atoms with Gasteiger partial charge in [0.15, 0.2) is 23.3 Å². The molecule has 0 aliphatic rings. The van der Waals surface area contributed by atoms with Gasteiger partial charge in [0, 0.05) is 28.5 Å². The van der Waals surface area contributed by atoms with Gasteiger partial charge in [0.05, 0.1) is 7.11 Å². The van der Waals surface area contributed by atoms with E-state index in [9.17, 15) is 35.1 Å². The summed E-state index contributed by atoms with van der Waals surface area (Å²) in [6.07, 6.45) is 0. The largest absolute Gasteiger partial charge is 0.497 e. The molecule has 3 aromatic rings. The van der Waals surface area contributed by atoms with Crippen molar-refractivity contribution in [1.29, 1.82) is 0 Å². The topological polar surface area (TPSA) is 9.23 Å². The summed E-state index contributed by atoms with van der Waals surface area (Å²) in [7, 11) is 0.944. The summed E-state index contributed by atoms with van der Waals surface area (Å²) in [5.41, 5.74) is -4.45. The first-order valence-electron chi connectivity index (χ1n) is 8.80. The first-order valence-corrected chi connectivity index (χ1v) is 8.80. The Morgan fingerprint density at radius 2 is 1.00 bits per heavy atom. The van der Waals surface area contributed by atoms with Crippen molar-refractivity contribution >= 4 is 23.1 Å². The van der Waals surface area contributed by atoms with E-state index in [2.05, 4.69) is 0 Å². The molecule has 162 valence electrons. The van der Waals surface area contributed by atoms with Gasteiger partial charge < -0.3 is 4.74 Å². The summed E-state index contributed by atoms with van der Waals surface area (Å²) in [6, 6.07) is 1.96. The Bertz CT molecular complexity index is 1130. The lowest BCUT2D eigenvalue weighted by molar-refractivity contribution is 0.411. The van der Waals surface area contributed by atoms with Gasteiger partial charge in [-0.3, -0.25) is 0 Å². The molecule has 0 aliphatic heterocycles. The molecule has 0 radical (unpaired) electrons. The van der Waals surface area contributed by atoms with Crippen LogP contribution in [0.15, 0.2) is 24.3 Å². The van der Waals surface area contributed by atoms with E-state index in [0.29, 0.717) is 18.2 Å². The molecule has 0 bridgehead atoms. The number of methoxy groups -OCH3 is 1. The molecule has 31 heavy (non-hydrogen) atoms. The van der Waals surface area contributed by atoms with E-state index in [1.165, 1.54) is 0 Å². The van der Waals surface area contributed by atoms with Gasteiger partial charge in [-0.2, -0.15) is 0 Å². The lowest BCUT2D eigenvalue weighted by atomic mass is 9.35. The van der Waals surface area contributed by atoms with Crippen LogP contribution in [0.5, 0.6) is 5.75 Å². The standard InChI is InChI=1S/C21H13BF8O/c1-8-4-11(24)16(20(29)18(8)27)22(15-13(26)6-10(23)7-14(15)31-3)17-12(25)5-9(2)19(28)21(17)30/h4-7H,1-3H3. The minimum absolute atomic E-state index is 0.283. The van der Waals surface area contributed by atoms with Crippen molar-refractivity contribution in [3.8, 4) is 5.75 Å². The smallest absolute Gasteiger partial charge is 0.265 e. The molecule has 0 unspecified atom stereocenters. The van der Waals surface area contributed by atoms with Gasteiger partial charge >= 0.3 is 0 Å². The van der Waals surface area contributed by atoms with E-state index >= 15 is 0 Å². The predicted molar refractivity (Wildman–Crippen MR) is 99.7 cm³/mol. The number of rotatable bonds is 4. The fourth-order valence-corrected chi connectivity index (χ4v) is 3.43. The zero-order valence-corrected chi connectivity index (χ0v) is 16.3. The van der Waals surface area contributed by atoms with Crippen molar-refractivity contribution in [2.45, 2.75) is 13.8 Å². The first kappa shape index (κ1) is 22.6. The van der Waals surface area contributed by atoms with Gasteiger partial charge in [0.2, 0.25) is 0 Å². The van der Waals surface area contributed by atoms with Crippen LogP contribution in [0.2, 0.25) is 0 Å². The first-order chi connectivity index (χ1) is 14.5. The molecule has 0 amide bonds. The molecule has 1 nitrogen and oxygen atoms in total. The highest BCUT2D eigenvalue weighted by Gasteiger charge is 2.40. The Morgan fingerprint density at radius 1 is 0.581 bits per heavy atom. The third-order valence-electron chi connectivity index (χ3n) is 4.89. The van der Waals surface area contributed by atoms with Gasteiger partial charge in [0.25, 0.3) is 6.71 Å². The van der Waals surface area contributed by atoms with E-state index in [1.807, 2.05) is 0 Å². The van der Waals surface area contributed by atoms with Crippen molar-refractivity contribution in [1.82, 2.24) is 0 Å². The fourth-order valence-electron chi connectivity index (χ4n) is 3.43. The second-order valence-electron chi connectivity index (χ2n) is 6.87. The molecule has 0 heterocycles. The lowest BCUT2D eigenvalue weighted by Gasteiger charge is -2.22. The Hall–Kier alpha value is -3.04. The minimum Gasteiger partial charge on any atom is -0.497 e. The molecular formula is C21H13BF8O. The molecule has 0 N–H and O–H groups in total. The zero-order chi connectivity index (χ0) is 23.2. The van der Waals surface area contributed by atoms with E-state index in [1.54, 1.807) is 0 Å². The number of hydrogen-bond acceptors (Lipinski definition) is 1. The number of aryl methyl sites for hydroxylation is 2. The monoisotopic (exact) mass is 444 g/mol. The number of halogens is 8. The zero-order valence-electron chi connectivity index (χ0n) is 16.3. The number of hydrogen-bond donors (Lipinski definition) is 0. The Labute approximate surface area is 172 Å². The second-order valence-corrected chi connectivity index (χ2v) is 6.87. The third kappa shape index (κ3) is 3.75. The fraction of sp³-hybridized carbons (Fsp3) is 0.143.